The van der Waals surface area contributed by atoms with Crippen molar-refractivity contribution in [2.24, 2.45) is 7.05 Å². The zero-order valence-corrected chi connectivity index (χ0v) is 64.3. The number of nitrogens with zero attached hydrogens (tertiary/aromatic N) is 9. The van der Waals surface area contributed by atoms with Crippen molar-refractivity contribution in [3.63, 3.8) is 0 Å². The van der Waals surface area contributed by atoms with Gasteiger partial charge in [0.05, 0.1) is 77.9 Å². The number of amides is 8. The molecule has 36 heteroatoms. The number of hydrogen-bond acceptors (Lipinski definition) is 21. The first-order valence-corrected chi connectivity index (χ1v) is 36.0. The second-order valence-corrected chi connectivity index (χ2v) is 25.2. The van der Waals surface area contributed by atoms with Crippen LogP contribution in [0.5, 0.6) is 0 Å². The average molecular weight is 1570 g/mol. The number of nitrogens with one attached hydrogen (secondary N) is 12. The lowest BCUT2D eigenvalue weighted by molar-refractivity contribution is 0.0378. The summed E-state index contributed by atoms with van der Waals surface area (Å²) in [6.45, 7) is 16.8. The summed E-state index contributed by atoms with van der Waals surface area (Å²) in [5.41, 5.74) is 9.59. The van der Waals surface area contributed by atoms with Crippen LogP contribution < -0.4 is 53.7 Å². The SMILES string of the molecule is CCNC(=O)Nc1nc2c(C(=O)OC(C)C)cc(-c3cccnc3)cc2[nH]1.CCNC(=O)Nc1nc2c(C(=O)OC)c(F)c(-c3ccn(C)c(=O)c3)cc2[nH]1.CCNC(=O)Nc1nc2c(C(=O)OC)cc(-c3cc(C)n(Cc4ccccn4)c(=O)c3)cc2[nH]1.CCNC(=O)Nc1nc2c(C(=O)OCC)cc(-c3cccnc3)cc2[nH]1. The highest BCUT2D eigenvalue weighted by Gasteiger charge is 2.27. The standard InChI is InChI=1S/C24H24N6O4.C19H21N5O3.C18H18FN5O4.C18H19N5O3/c1-4-25-24(33)29-23-27-19-11-16(10-18(21(19)28-23)22(32)34-3)15-9-14(2)30(20(31)12-15)13-17-7-5-6-8-26-17;1-4-21-19(26)24-18-22-15-9-13(12-6-5-7-20-10-12)8-14(16(15)23-18)17(25)27-11(2)3;1-4-20-18(27)23-17-21-11-8-10(9-5-6-24(2)12(25)7-9)14(19)13(15(11)22-17)16(26)28-3;1-3-20-18(25)23-17-21-14-9-12(11-6-5-7-19-10-11)8-13(15(14)22-17)16(24)26-4-2/h5-12H,4,13H2,1-3H3,(H3,25,27,28,29,33);5-11H,4H2,1-3H3,(H3,21,22,23,24,26);5-8H,4H2,1-3H3,(H3,20,21,22,23,27);5-10H,3-4H2,1-2H3,(H3,20,21,22,23,25). The highest BCUT2D eigenvalue weighted by Crippen LogP contribution is 2.34. The fraction of sp³-hybridized carbons (Fsp3) is 0.228. The average Bonchev–Trinajstić information content (AvgIpc) is 1.71. The highest BCUT2D eigenvalue weighted by atomic mass is 19.1. The Hall–Kier alpha value is -15.0. The molecule has 0 fully saturated rings. The summed E-state index contributed by atoms with van der Waals surface area (Å²) in [6.07, 6.45) is 9.70. The number of ether oxygens (including phenoxy) is 4. The predicted molar refractivity (Wildman–Crippen MR) is 429 cm³/mol. The lowest BCUT2D eigenvalue weighted by Crippen LogP contribution is -2.28. The van der Waals surface area contributed by atoms with E-state index in [2.05, 4.69) is 102 Å². The molecule has 0 aliphatic heterocycles. The zero-order chi connectivity index (χ0) is 82.6. The minimum Gasteiger partial charge on any atom is -0.465 e. The van der Waals surface area contributed by atoms with E-state index in [9.17, 15) is 47.9 Å². The fourth-order valence-corrected chi connectivity index (χ4v) is 11.6. The molecular weight excluding hydrogens is 1490 g/mol. The van der Waals surface area contributed by atoms with Gasteiger partial charge in [0.25, 0.3) is 11.1 Å². The van der Waals surface area contributed by atoms with Crippen LogP contribution in [0.25, 0.3) is 88.6 Å². The molecule has 0 aliphatic carbocycles. The van der Waals surface area contributed by atoms with Crippen molar-refractivity contribution in [3.8, 4) is 44.5 Å². The third kappa shape index (κ3) is 20.5. The largest absolute Gasteiger partial charge is 0.465 e. The van der Waals surface area contributed by atoms with Crippen LogP contribution in [0.1, 0.15) is 101 Å². The second kappa shape index (κ2) is 38.1. The molecule has 9 aromatic heterocycles. The molecule has 0 saturated carbocycles. The number of anilines is 4. The van der Waals surface area contributed by atoms with Crippen LogP contribution >= 0.6 is 0 Å². The van der Waals surface area contributed by atoms with E-state index >= 15 is 4.39 Å². The number of fused-ring (bicyclic) bond motifs is 4. The Kier molecular flexibility index (Phi) is 27.3. The maximum Gasteiger partial charge on any atom is 0.343 e. The van der Waals surface area contributed by atoms with Gasteiger partial charge in [-0.25, -0.2) is 62.7 Å². The third-order valence-electron chi connectivity index (χ3n) is 16.7. The van der Waals surface area contributed by atoms with Crippen molar-refractivity contribution in [3.05, 3.63) is 207 Å². The molecule has 0 saturated heterocycles. The smallest absolute Gasteiger partial charge is 0.343 e. The van der Waals surface area contributed by atoms with Gasteiger partial charge in [-0.05, 0) is 162 Å². The molecule has 0 spiro atoms. The quantitative estimate of drug-likeness (QED) is 0.0249. The topological polar surface area (TPSA) is 467 Å². The number of esters is 4. The van der Waals surface area contributed by atoms with E-state index in [-0.39, 0.29) is 76.3 Å². The Morgan fingerprint density at radius 2 is 0.913 bits per heavy atom. The van der Waals surface area contributed by atoms with E-state index in [1.807, 2.05) is 81.4 Å². The van der Waals surface area contributed by atoms with E-state index in [0.29, 0.717) is 99.2 Å². The molecule has 4 aromatic carbocycles. The number of aryl methyl sites for hydroxylation is 2. The lowest BCUT2D eigenvalue weighted by Gasteiger charge is -2.12. The molecule has 13 rings (SSSR count). The van der Waals surface area contributed by atoms with Crippen LogP contribution in [0.2, 0.25) is 0 Å². The highest BCUT2D eigenvalue weighted by molar-refractivity contribution is 6.09. The van der Waals surface area contributed by atoms with E-state index in [1.54, 1.807) is 108 Å². The van der Waals surface area contributed by atoms with Crippen molar-refractivity contribution in [1.29, 1.82) is 0 Å². The number of H-pyrrole nitrogens is 4. The summed E-state index contributed by atoms with van der Waals surface area (Å²) in [5, 5.41) is 20.7. The van der Waals surface area contributed by atoms with Crippen LogP contribution in [0, 0.1) is 12.7 Å². The normalized spacial score (nSPS) is 10.7. The molecule has 0 bridgehead atoms. The van der Waals surface area contributed by atoms with Gasteiger partial charge >= 0.3 is 48.0 Å². The fourth-order valence-electron chi connectivity index (χ4n) is 11.6. The van der Waals surface area contributed by atoms with Gasteiger partial charge < -0.3 is 69.3 Å². The molecule has 12 N–H and O–H groups in total. The lowest BCUT2D eigenvalue weighted by atomic mass is 10.0. The minimum atomic E-state index is -0.927. The number of imidazole rings is 4. The van der Waals surface area contributed by atoms with Gasteiger partial charge in [-0.3, -0.25) is 45.8 Å². The monoisotopic (exact) mass is 1570 g/mol. The van der Waals surface area contributed by atoms with Crippen molar-refractivity contribution < 1.29 is 61.7 Å². The summed E-state index contributed by atoms with van der Waals surface area (Å²) >= 11 is 0. The Morgan fingerprint density at radius 3 is 1.32 bits per heavy atom. The van der Waals surface area contributed by atoms with E-state index in [4.69, 9.17) is 14.2 Å². The molecular formula is C79H82FN21O14. The first-order chi connectivity index (χ1) is 55.3. The van der Waals surface area contributed by atoms with Crippen LogP contribution in [-0.2, 0) is 32.5 Å². The number of urea groups is 4. The van der Waals surface area contributed by atoms with Gasteiger partial charge in [0.1, 0.15) is 33.4 Å². The summed E-state index contributed by atoms with van der Waals surface area (Å²) in [4.78, 5) is 163. The van der Waals surface area contributed by atoms with Crippen molar-refractivity contribution in [1.82, 2.24) is 85.2 Å². The van der Waals surface area contributed by atoms with Gasteiger partial charge in [0.15, 0.2) is 0 Å². The molecule has 115 heavy (non-hydrogen) atoms. The van der Waals surface area contributed by atoms with Crippen LogP contribution in [0.15, 0.2) is 156 Å². The number of carbonyl (C=O) groups excluding carboxylic acids is 8. The minimum absolute atomic E-state index is 0.00346. The number of methoxy groups -OCH3 is 2. The van der Waals surface area contributed by atoms with Gasteiger partial charge in [-0.15, -0.1) is 0 Å². The Bertz CT molecular complexity index is 5880. The molecule has 0 radical (unpaired) electrons. The molecule has 8 amide bonds. The summed E-state index contributed by atoms with van der Waals surface area (Å²) in [6, 6.07) is 29.5. The summed E-state index contributed by atoms with van der Waals surface area (Å²) < 4.78 is 38.3. The van der Waals surface area contributed by atoms with Crippen molar-refractivity contribution in [2.45, 2.75) is 68.0 Å². The Morgan fingerprint density at radius 1 is 0.478 bits per heavy atom. The third-order valence-corrected chi connectivity index (χ3v) is 16.7. The molecule has 0 unspecified atom stereocenters. The number of halogens is 1. The van der Waals surface area contributed by atoms with Crippen LogP contribution in [0.4, 0.5) is 47.4 Å². The van der Waals surface area contributed by atoms with Gasteiger partial charge in [-0.2, -0.15) is 0 Å². The number of carbonyl (C=O) groups is 8. The number of rotatable bonds is 20. The summed E-state index contributed by atoms with van der Waals surface area (Å²) in [7, 11) is 3.98. The number of benzene rings is 4. The first-order valence-electron chi connectivity index (χ1n) is 36.0. The van der Waals surface area contributed by atoms with Crippen molar-refractivity contribution >= 4 is 116 Å². The first kappa shape index (κ1) is 82.5. The summed E-state index contributed by atoms with van der Waals surface area (Å²) in [5.74, 6) is -2.61. The molecule has 0 atom stereocenters. The van der Waals surface area contributed by atoms with Crippen LogP contribution in [-0.4, -0.2) is 165 Å². The van der Waals surface area contributed by atoms with Crippen molar-refractivity contribution in [2.75, 3.05) is 68.3 Å². The molecule has 0 aliphatic rings. The van der Waals surface area contributed by atoms with Gasteiger partial charge in [-0.1, -0.05) is 18.2 Å². The van der Waals surface area contributed by atoms with E-state index < -0.39 is 47.3 Å². The van der Waals surface area contributed by atoms with Gasteiger partial charge in [0.2, 0.25) is 23.8 Å². The number of pyridine rings is 5. The Balaban J connectivity index is 0.000000163. The molecule has 13 aromatic rings. The van der Waals surface area contributed by atoms with E-state index in [0.717, 1.165) is 40.8 Å². The Labute approximate surface area is 654 Å². The maximum atomic E-state index is 15.2. The maximum absolute atomic E-state index is 15.2. The number of aromatic nitrogens is 13. The number of aromatic amines is 4. The molecule has 9 heterocycles. The second-order valence-electron chi connectivity index (χ2n) is 25.2. The van der Waals surface area contributed by atoms with E-state index in [1.165, 1.54) is 36.1 Å². The number of hydrogen-bond donors (Lipinski definition) is 12. The van der Waals surface area contributed by atoms with Crippen LogP contribution in [0.3, 0.4) is 0 Å². The molecule has 35 nitrogen and oxygen atoms in total. The van der Waals surface area contributed by atoms with Gasteiger partial charge in [0, 0.05) is 105 Å². The molecule has 594 valence electrons. The zero-order valence-electron chi connectivity index (χ0n) is 64.3. The predicted octanol–water partition coefficient (Wildman–Crippen LogP) is 11.3.